The smallest absolute Gasteiger partial charge is 0.164 e. The molecule has 0 radical (unpaired) electrons. The summed E-state index contributed by atoms with van der Waals surface area (Å²) in [5.41, 5.74) is 16.2. The van der Waals surface area contributed by atoms with Crippen molar-refractivity contribution in [3.05, 3.63) is 258 Å². The maximum atomic E-state index is 6.93. The Hall–Kier alpha value is -8.21. The lowest BCUT2D eigenvalue weighted by molar-refractivity contribution is 0.425. The molecule has 65 heavy (non-hydrogen) atoms. The highest BCUT2D eigenvalue weighted by Gasteiger charge is 2.52. The summed E-state index contributed by atoms with van der Waals surface area (Å²) in [5, 5.41) is 0. The number of hydrogen-bond donors (Lipinski definition) is 0. The predicted octanol–water partition coefficient (Wildman–Crippen LogP) is 15.0. The average molecular weight is 834 g/mol. The normalized spacial score (nSPS) is 13.8. The van der Waals surface area contributed by atoms with Crippen LogP contribution in [0.15, 0.2) is 224 Å². The third-order valence-corrected chi connectivity index (χ3v) is 13.5. The van der Waals surface area contributed by atoms with Gasteiger partial charge in [0.2, 0.25) is 0 Å². The van der Waals surface area contributed by atoms with Gasteiger partial charge in [-0.3, -0.25) is 0 Å². The van der Waals surface area contributed by atoms with Crippen LogP contribution in [-0.2, 0) is 10.8 Å². The van der Waals surface area contributed by atoms with Gasteiger partial charge in [-0.1, -0.05) is 220 Å². The van der Waals surface area contributed by atoms with E-state index in [1.165, 1.54) is 22.3 Å². The first-order chi connectivity index (χ1) is 31.9. The van der Waals surface area contributed by atoms with E-state index < -0.39 is 5.41 Å². The first-order valence-electron chi connectivity index (χ1n) is 22.3. The summed E-state index contributed by atoms with van der Waals surface area (Å²) in [5.74, 6) is 3.55. The number of para-hydroxylation sites is 1. The van der Waals surface area contributed by atoms with Gasteiger partial charge in [-0.05, 0) is 73.8 Å². The van der Waals surface area contributed by atoms with Crippen LogP contribution in [0.3, 0.4) is 0 Å². The van der Waals surface area contributed by atoms with Crippen molar-refractivity contribution in [1.29, 1.82) is 0 Å². The second-order valence-corrected chi connectivity index (χ2v) is 17.5. The Balaban J connectivity index is 0.976. The minimum atomic E-state index is -0.566. The van der Waals surface area contributed by atoms with Crippen LogP contribution < -0.4 is 4.74 Å². The second kappa shape index (κ2) is 15.3. The summed E-state index contributed by atoms with van der Waals surface area (Å²) in [6, 6.07) is 79.5. The number of aromatic nitrogens is 3. The maximum absolute atomic E-state index is 6.93. The number of hydrogen-bond acceptors (Lipinski definition) is 4. The number of nitrogens with zero attached hydrogens (tertiary/aromatic N) is 3. The summed E-state index contributed by atoms with van der Waals surface area (Å²) < 4.78 is 6.93. The molecule has 0 unspecified atom stereocenters. The first-order valence-corrected chi connectivity index (χ1v) is 22.3. The molecule has 0 N–H and O–H groups in total. The lowest BCUT2D eigenvalue weighted by Crippen LogP contribution is -2.43. The van der Waals surface area contributed by atoms with Crippen molar-refractivity contribution in [3.63, 3.8) is 0 Å². The van der Waals surface area contributed by atoms with E-state index in [2.05, 4.69) is 226 Å². The molecule has 0 amide bonds. The summed E-state index contributed by atoms with van der Waals surface area (Å²) in [6.45, 7) is 4.70. The molecule has 1 aromatic heterocycles. The van der Waals surface area contributed by atoms with E-state index in [-0.39, 0.29) is 5.41 Å². The van der Waals surface area contributed by atoms with Crippen LogP contribution in [0, 0.1) is 0 Å². The van der Waals surface area contributed by atoms with Gasteiger partial charge in [0.15, 0.2) is 17.5 Å². The average Bonchev–Trinajstić information content (AvgIpc) is 3.38. The molecule has 0 saturated carbocycles. The standard InChI is InChI=1S/C61H43N3O/c1-60(2)49-22-9-11-24-51(49)61(52-25-12-10-23-50(52)60)53-26-13-14-27-55(53)65-56-39-47(36-37-54(56)61)46-20-15-21-48(38-46)59-63-57(44-32-28-42(29-33-44)40-16-5-3-6-17-40)62-58(64-59)45-34-30-43(31-35-45)41-18-7-4-8-19-41/h3-39H,1-2H3. The molecule has 0 fully saturated rings. The van der Waals surface area contributed by atoms with Crippen molar-refractivity contribution in [1.82, 2.24) is 15.0 Å². The molecule has 9 aromatic carbocycles. The van der Waals surface area contributed by atoms with Crippen molar-refractivity contribution >= 4 is 0 Å². The van der Waals surface area contributed by atoms with Crippen LogP contribution in [-0.4, -0.2) is 15.0 Å². The van der Waals surface area contributed by atoms with E-state index in [1.807, 2.05) is 12.1 Å². The van der Waals surface area contributed by atoms with Gasteiger partial charge in [-0.15, -0.1) is 0 Å². The minimum Gasteiger partial charge on any atom is -0.457 e. The Morgan fingerprint density at radius 3 is 1.20 bits per heavy atom. The maximum Gasteiger partial charge on any atom is 0.164 e. The monoisotopic (exact) mass is 833 g/mol. The molecule has 0 atom stereocenters. The third-order valence-electron chi connectivity index (χ3n) is 13.5. The molecule has 1 spiro atoms. The van der Waals surface area contributed by atoms with Crippen LogP contribution in [0.5, 0.6) is 11.5 Å². The number of fused-ring (bicyclic) bond motifs is 8. The highest BCUT2D eigenvalue weighted by Crippen LogP contribution is 2.61. The molecule has 10 aromatic rings. The molecule has 1 aliphatic heterocycles. The zero-order chi connectivity index (χ0) is 43.5. The van der Waals surface area contributed by atoms with Crippen molar-refractivity contribution < 1.29 is 4.74 Å². The van der Waals surface area contributed by atoms with Crippen molar-refractivity contribution in [2.24, 2.45) is 0 Å². The molecule has 2 heterocycles. The summed E-state index contributed by atoms with van der Waals surface area (Å²) in [7, 11) is 0. The zero-order valence-electron chi connectivity index (χ0n) is 36.1. The van der Waals surface area contributed by atoms with E-state index in [9.17, 15) is 0 Å². The number of rotatable bonds is 6. The van der Waals surface area contributed by atoms with Crippen LogP contribution in [0.25, 0.3) is 67.5 Å². The molecule has 0 bridgehead atoms. The lowest BCUT2D eigenvalue weighted by Gasteiger charge is -2.50. The SMILES string of the molecule is CC1(C)c2ccccc2C2(c3ccccc3Oc3cc(-c4cccc(-c5nc(-c6ccc(-c7ccccc7)cc6)nc(-c6ccc(-c7ccccc7)cc6)n5)c4)ccc32)c2ccccc21. The van der Waals surface area contributed by atoms with Gasteiger partial charge < -0.3 is 4.74 Å². The third kappa shape index (κ3) is 6.32. The lowest BCUT2D eigenvalue weighted by atomic mass is 9.53. The summed E-state index contributed by atoms with van der Waals surface area (Å²) in [4.78, 5) is 15.4. The number of ether oxygens (including phenoxy) is 1. The Kier molecular flexibility index (Phi) is 9.03. The number of benzene rings is 9. The van der Waals surface area contributed by atoms with Gasteiger partial charge >= 0.3 is 0 Å². The largest absolute Gasteiger partial charge is 0.457 e. The second-order valence-electron chi connectivity index (χ2n) is 17.5. The summed E-state index contributed by atoms with van der Waals surface area (Å²) >= 11 is 0. The molecule has 12 rings (SSSR count). The highest BCUT2D eigenvalue weighted by molar-refractivity contribution is 5.80. The van der Waals surface area contributed by atoms with Gasteiger partial charge in [-0.25, -0.2) is 15.0 Å². The van der Waals surface area contributed by atoms with Crippen LogP contribution in [0.4, 0.5) is 0 Å². The van der Waals surface area contributed by atoms with Crippen molar-refractivity contribution in [3.8, 4) is 79.0 Å². The molecule has 4 nitrogen and oxygen atoms in total. The Labute approximate surface area is 379 Å². The van der Waals surface area contributed by atoms with E-state index in [1.54, 1.807) is 0 Å². The highest BCUT2D eigenvalue weighted by atomic mass is 16.5. The summed E-state index contributed by atoms with van der Waals surface area (Å²) in [6.07, 6.45) is 0. The molecular formula is C61H43N3O. The van der Waals surface area contributed by atoms with E-state index >= 15 is 0 Å². The van der Waals surface area contributed by atoms with Gasteiger partial charge in [0, 0.05) is 33.2 Å². The van der Waals surface area contributed by atoms with E-state index in [0.29, 0.717) is 17.5 Å². The molecule has 2 aliphatic rings. The minimum absolute atomic E-state index is 0.182. The van der Waals surface area contributed by atoms with Gasteiger partial charge in [-0.2, -0.15) is 0 Å². The fourth-order valence-corrected chi connectivity index (χ4v) is 10.3. The zero-order valence-corrected chi connectivity index (χ0v) is 36.1. The molecule has 4 heteroatoms. The molecule has 0 saturated heterocycles. The predicted molar refractivity (Wildman–Crippen MR) is 263 cm³/mol. The van der Waals surface area contributed by atoms with Crippen LogP contribution in [0.2, 0.25) is 0 Å². The molecule has 1 aliphatic carbocycles. The Bertz CT molecular complexity index is 3260. The van der Waals surface area contributed by atoms with Crippen LogP contribution in [0.1, 0.15) is 47.2 Å². The molecule has 308 valence electrons. The topological polar surface area (TPSA) is 47.9 Å². The van der Waals surface area contributed by atoms with Gasteiger partial charge in [0.1, 0.15) is 11.5 Å². The van der Waals surface area contributed by atoms with E-state index in [0.717, 1.165) is 72.7 Å². The van der Waals surface area contributed by atoms with Crippen LogP contribution >= 0.6 is 0 Å². The van der Waals surface area contributed by atoms with Crippen molar-refractivity contribution in [2.75, 3.05) is 0 Å². The Morgan fingerprint density at radius 1 is 0.277 bits per heavy atom. The van der Waals surface area contributed by atoms with Gasteiger partial charge in [0.05, 0.1) is 5.41 Å². The fraction of sp³-hybridized carbons (Fsp3) is 0.0656. The quantitative estimate of drug-likeness (QED) is 0.167. The van der Waals surface area contributed by atoms with Gasteiger partial charge in [0.25, 0.3) is 0 Å². The Morgan fingerprint density at radius 2 is 0.646 bits per heavy atom. The van der Waals surface area contributed by atoms with E-state index in [4.69, 9.17) is 19.7 Å². The molecular weight excluding hydrogens is 791 g/mol. The fourth-order valence-electron chi connectivity index (χ4n) is 10.3. The first kappa shape index (κ1) is 38.5. The van der Waals surface area contributed by atoms with Crippen molar-refractivity contribution in [2.45, 2.75) is 24.7 Å².